The first-order valence-corrected chi connectivity index (χ1v) is 14.1. The summed E-state index contributed by atoms with van der Waals surface area (Å²) in [4.78, 5) is 0. The normalized spacial score (nSPS) is 24.2. The van der Waals surface area contributed by atoms with E-state index in [-0.39, 0.29) is 13.2 Å². The topological polar surface area (TPSA) is 66.4 Å². The summed E-state index contributed by atoms with van der Waals surface area (Å²) in [6.07, 6.45) is -2.64. The van der Waals surface area contributed by atoms with Crippen molar-refractivity contribution in [2.75, 3.05) is 6.61 Å². The van der Waals surface area contributed by atoms with E-state index in [2.05, 4.69) is 0 Å². The van der Waals surface area contributed by atoms with Crippen molar-refractivity contribution in [3.8, 4) is 0 Å². The van der Waals surface area contributed by atoms with Crippen molar-refractivity contribution in [2.45, 2.75) is 63.6 Å². The lowest BCUT2D eigenvalue weighted by Gasteiger charge is -2.49. The van der Waals surface area contributed by atoms with Gasteiger partial charge in [-0.2, -0.15) is 0 Å². The summed E-state index contributed by atoms with van der Waals surface area (Å²) < 4.78 is 31.9. The third-order valence-electron chi connectivity index (χ3n) is 7.14. The van der Waals surface area contributed by atoms with Gasteiger partial charge in [-0.25, -0.2) is 0 Å². The van der Waals surface area contributed by atoms with Crippen molar-refractivity contribution < 1.29 is 28.8 Å². The van der Waals surface area contributed by atoms with E-state index in [1.54, 1.807) is 6.92 Å². The Balaban J connectivity index is 1.39. The van der Waals surface area contributed by atoms with Crippen LogP contribution < -0.4 is 0 Å². The van der Waals surface area contributed by atoms with Gasteiger partial charge >= 0.3 is 0 Å². The summed E-state index contributed by atoms with van der Waals surface area (Å²) in [6, 6.07) is 39.8. The molecule has 1 N–H and O–H groups in total. The van der Waals surface area contributed by atoms with Gasteiger partial charge in [0.1, 0.15) is 24.4 Å². The van der Waals surface area contributed by atoms with Crippen LogP contribution in [0.25, 0.3) is 0 Å². The maximum absolute atomic E-state index is 11.6. The van der Waals surface area contributed by atoms with Gasteiger partial charge in [-0.15, -0.1) is 0 Å². The Kier molecular flexibility index (Phi) is 10.3. The fourth-order valence-electron chi connectivity index (χ4n) is 5.05. The predicted molar refractivity (Wildman–Crippen MR) is 157 cm³/mol. The lowest BCUT2D eigenvalue weighted by atomic mass is 9.92. The molecule has 0 spiro atoms. The van der Waals surface area contributed by atoms with Gasteiger partial charge in [-0.05, 0) is 29.2 Å². The number of benzene rings is 4. The fraction of sp³-hybridized carbons (Fsp3) is 0.314. The summed E-state index contributed by atoms with van der Waals surface area (Å²) in [6.45, 7) is 3.22. The number of aliphatic hydroxyl groups is 1. The Morgan fingerprint density at radius 1 is 0.561 bits per heavy atom. The van der Waals surface area contributed by atoms with Gasteiger partial charge in [0.25, 0.3) is 0 Å². The number of rotatable bonds is 13. The molecule has 6 nitrogen and oxygen atoms in total. The molecule has 4 aromatic carbocycles. The van der Waals surface area contributed by atoms with E-state index in [1.807, 2.05) is 121 Å². The van der Waals surface area contributed by atoms with Crippen LogP contribution in [0.15, 0.2) is 121 Å². The van der Waals surface area contributed by atoms with Crippen LogP contribution in [0.1, 0.15) is 29.2 Å². The summed E-state index contributed by atoms with van der Waals surface area (Å²) in [5.74, 6) is -1.65. The Morgan fingerprint density at radius 2 is 0.951 bits per heavy atom. The van der Waals surface area contributed by atoms with Gasteiger partial charge < -0.3 is 28.8 Å². The second-order valence-corrected chi connectivity index (χ2v) is 10.5. The zero-order chi connectivity index (χ0) is 28.3. The molecule has 0 saturated carbocycles. The third kappa shape index (κ3) is 8.33. The number of hydrogen-bond donors (Lipinski definition) is 1. The first kappa shape index (κ1) is 29.1. The number of hydrogen-bond acceptors (Lipinski definition) is 6. The van der Waals surface area contributed by atoms with E-state index in [1.165, 1.54) is 0 Å². The van der Waals surface area contributed by atoms with Gasteiger partial charge in [-0.3, -0.25) is 0 Å². The quantitative estimate of drug-likeness (QED) is 0.217. The average Bonchev–Trinajstić information content (AvgIpc) is 3.01. The Hall–Kier alpha value is -3.36. The minimum Gasteiger partial charge on any atom is -0.374 e. The van der Waals surface area contributed by atoms with Crippen LogP contribution in [0.4, 0.5) is 0 Å². The van der Waals surface area contributed by atoms with Crippen molar-refractivity contribution >= 4 is 0 Å². The highest BCUT2D eigenvalue weighted by Crippen LogP contribution is 2.35. The van der Waals surface area contributed by atoms with Crippen molar-refractivity contribution in [2.24, 2.45) is 0 Å². The highest BCUT2D eigenvalue weighted by molar-refractivity contribution is 5.16. The molecule has 5 rings (SSSR count). The van der Waals surface area contributed by atoms with E-state index in [9.17, 15) is 5.11 Å². The Bertz CT molecular complexity index is 1280. The smallest absolute Gasteiger partial charge is 0.192 e. The summed E-state index contributed by atoms with van der Waals surface area (Å²) in [5.41, 5.74) is 4.08. The highest BCUT2D eigenvalue weighted by atomic mass is 16.7. The molecule has 6 heteroatoms. The largest absolute Gasteiger partial charge is 0.374 e. The fourth-order valence-corrected chi connectivity index (χ4v) is 5.05. The van der Waals surface area contributed by atoms with Crippen molar-refractivity contribution in [1.82, 2.24) is 0 Å². The van der Waals surface area contributed by atoms with E-state index in [0.29, 0.717) is 19.8 Å². The maximum Gasteiger partial charge on any atom is 0.192 e. The molecule has 0 radical (unpaired) electrons. The molecular weight excluding hydrogens is 516 g/mol. The summed E-state index contributed by atoms with van der Waals surface area (Å²) >= 11 is 0. The van der Waals surface area contributed by atoms with Gasteiger partial charge in [0, 0.05) is 0 Å². The Labute approximate surface area is 242 Å². The second-order valence-electron chi connectivity index (χ2n) is 10.5. The van der Waals surface area contributed by atoms with Crippen molar-refractivity contribution in [3.05, 3.63) is 144 Å². The van der Waals surface area contributed by atoms with Crippen LogP contribution in [-0.2, 0) is 50.1 Å². The maximum atomic E-state index is 11.6. The first-order chi connectivity index (χ1) is 20.1. The van der Waals surface area contributed by atoms with E-state index in [4.69, 9.17) is 23.7 Å². The molecule has 5 atom stereocenters. The van der Waals surface area contributed by atoms with Crippen LogP contribution >= 0.6 is 0 Å². The van der Waals surface area contributed by atoms with E-state index < -0.39 is 30.2 Å². The minimum absolute atomic E-state index is 0.209. The second kappa shape index (κ2) is 14.5. The van der Waals surface area contributed by atoms with E-state index >= 15 is 0 Å². The molecule has 1 saturated heterocycles. The summed E-state index contributed by atoms with van der Waals surface area (Å²) in [7, 11) is 0. The molecule has 1 fully saturated rings. The predicted octanol–water partition coefficient (Wildman–Crippen LogP) is 6.07. The molecule has 0 aliphatic carbocycles. The molecule has 0 amide bonds. The van der Waals surface area contributed by atoms with Crippen LogP contribution in [0.2, 0.25) is 0 Å². The van der Waals surface area contributed by atoms with Crippen LogP contribution in [0.3, 0.4) is 0 Å². The lowest BCUT2D eigenvalue weighted by molar-refractivity contribution is -0.363. The SMILES string of the molecule is CC1(O)OC(COCc2ccccc2)C(OCc2ccccc2)C(OCc2ccccc2)C1OCc1ccccc1. The van der Waals surface area contributed by atoms with E-state index in [0.717, 1.165) is 22.3 Å². The number of ether oxygens (including phenoxy) is 5. The van der Waals surface area contributed by atoms with Gasteiger partial charge in [-0.1, -0.05) is 121 Å². The zero-order valence-electron chi connectivity index (χ0n) is 23.4. The van der Waals surface area contributed by atoms with Crippen molar-refractivity contribution in [3.63, 3.8) is 0 Å². The molecule has 1 aliphatic heterocycles. The van der Waals surface area contributed by atoms with Crippen molar-refractivity contribution in [1.29, 1.82) is 0 Å². The van der Waals surface area contributed by atoms with Crippen LogP contribution in [-0.4, -0.2) is 41.9 Å². The summed E-state index contributed by atoms with van der Waals surface area (Å²) in [5, 5.41) is 11.6. The lowest BCUT2D eigenvalue weighted by Crippen LogP contribution is -2.66. The molecule has 1 heterocycles. The standard InChI is InChI=1S/C35H38O6/c1-35(36)34(40-25-30-20-12-5-13-21-30)33(39-24-29-18-10-4-11-19-29)32(38-23-28-16-8-3-9-17-28)31(41-35)26-37-22-27-14-6-2-7-15-27/h2-21,31-34,36H,22-26H2,1H3. The van der Waals surface area contributed by atoms with Gasteiger partial charge in [0.05, 0.1) is 33.0 Å². The van der Waals surface area contributed by atoms with Crippen LogP contribution in [0, 0.1) is 0 Å². The molecule has 5 unspecified atom stereocenters. The molecule has 41 heavy (non-hydrogen) atoms. The average molecular weight is 555 g/mol. The zero-order valence-corrected chi connectivity index (χ0v) is 23.4. The highest BCUT2D eigenvalue weighted by Gasteiger charge is 2.54. The monoisotopic (exact) mass is 554 g/mol. The molecule has 1 aliphatic rings. The Morgan fingerprint density at radius 3 is 1.41 bits per heavy atom. The van der Waals surface area contributed by atoms with Gasteiger partial charge in [0.2, 0.25) is 0 Å². The minimum atomic E-state index is -1.65. The van der Waals surface area contributed by atoms with Crippen LogP contribution in [0.5, 0.6) is 0 Å². The molecule has 0 bridgehead atoms. The van der Waals surface area contributed by atoms with Gasteiger partial charge in [0.15, 0.2) is 5.79 Å². The molecule has 214 valence electrons. The molecular formula is C35H38O6. The molecule has 4 aromatic rings. The molecule has 0 aromatic heterocycles. The third-order valence-corrected chi connectivity index (χ3v) is 7.14. The first-order valence-electron chi connectivity index (χ1n) is 14.1.